The average Bonchev–Trinajstić information content (AvgIpc) is 3.48. The molecule has 1 unspecified atom stereocenters. The Morgan fingerprint density at radius 1 is 1.28 bits per heavy atom. The minimum Gasteiger partial charge on any atom is -0.497 e. The Morgan fingerprint density at radius 3 is 2.72 bits per heavy atom. The highest BCUT2D eigenvalue weighted by atomic mass is 32.2. The number of hydrazone groups is 1. The Bertz CT molecular complexity index is 1020. The third-order valence-corrected chi connectivity index (χ3v) is 5.45. The zero-order chi connectivity index (χ0) is 20.4. The molecule has 0 spiro atoms. The lowest BCUT2D eigenvalue weighted by molar-refractivity contribution is -0.135. The second kappa shape index (κ2) is 7.96. The maximum atomic E-state index is 12.2. The van der Waals surface area contributed by atoms with E-state index < -0.39 is 11.9 Å². The van der Waals surface area contributed by atoms with E-state index in [1.807, 2.05) is 30.3 Å². The SMILES string of the molecule is COC(=O)/C=C1\SC(N2N=C(c3ccco3)CC2c2ccc(OC)cc2)=NC1=O. The van der Waals surface area contributed by atoms with E-state index in [9.17, 15) is 9.59 Å². The highest BCUT2D eigenvalue weighted by Crippen LogP contribution is 2.39. The standard InChI is InChI=1S/C20H17N3O5S/c1-26-13-7-5-12(6-8-13)15-10-14(16-4-3-9-28-16)22-23(15)20-21-19(25)17(29-20)11-18(24)27-2/h3-9,11,15H,10H2,1-2H3/b17-11-. The van der Waals surface area contributed by atoms with E-state index in [2.05, 4.69) is 14.8 Å². The molecule has 4 rings (SSSR count). The summed E-state index contributed by atoms with van der Waals surface area (Å²) in [6, 6.07) is 11.1. The van der Waals surface area contributed by atoms with Crippen LogP contribution in [0.4, 0.5) is 0 Å². The molecule has 3 heterocycles. The minimum atomic E-state index is -0.606. The second-order valence-electron chi connectivity index (χ2n) is 6.19. The molecular formula is C20H17N3O5S. The summed E-state index contributed by atoms with van der Waals surface area (Å²) in [5.41, 5.74) is 1.73. The molecule has 2 aromatic rings. The molecule has 0 bridgehead atoms. The second-order valence-corrected chi connectivity index (χ2v) is 7.20. The number of rotatable bonds is 4. The van der Waals surface area contributed by atoms with Crippen molar-refractivity contribution in [1.82, 2.24) is 5.01 Å². The van der Waals surface area contributed by atoms with Crippen molar-refractivity contribution in [3.63, 3.8) is 0 Å². The molecule has 8 nitrogen and oxygen atoms in total. The third-order valence-electron chi connectivity index (χ3n) is 4.47. The lowest BCUT2D eigenvalue weighted by atomic mass is 10.0. The van der Waals surface area contributed by atoms with Gasteiger partial charge in [-0.2, -0.15) is 10.1 Å². The summed E-state index contributed by atoms with van der Waals surface area (Å²) in [7, 11) is 2.87. The van der Waals surface area contributed by atoms with Crippen molar-refractivity contribution in [3.8, 4) is 5.75 Å². The predicted molar refractivity (Wildman–Crippen MR) is 108 cm³/mol. The van der Waals surface area contributed by atoms with E-state index >= 15 is 0 Å². The van der Waals surface area contributed by atoms with Crippen LogP contribution in [0.3, 0.4) is 0 Å². The van der Waals surface area contributed by atoms with Crippen LogP contribution in [0.15, 0.2) is 68.2 Å². The number of aliphatic imine (C=N–C) groups is 1. The Balaban J connectivity index is 1.67. The number of ether oxygens (including phenoxy) is 2. The van der Waals surface area contributed by atoms with Crippen molar-refractivity contribution in [2.45, 2.75) is 12.5 Å². The van der Waals surface area contributed by atoms with E-state index in [4.69, 9.17) is 9.15 Å². The number of hydrogen-bond donors (Lipinski definition) is 0. The summed E-state index contributed by atoms with van der Waals surface area (Å²) in [5, 5.41) is 6.75. The average molecular weight is 411 g/mol. The number of methoxy groups -OCH3 is 2. The van der Waals surface area contributed by atoms with Gasteiger partial charge in [0.25, 0.3) is 5.91 Å². The molecule has 0 saturated carbocycles. The fourth-order valence-corrected chi connectivity index (χ4v) is 3.90. The number of thioether (sulfide) groups is 1. The van der Waals surface area contributed by atoms with Crippen LogP contribution in [-0.2, 0) is 14.3 Å². The molecule has 0 saturated heterocycles. The highest BCUT2D eigenvalue weighted by Gasteiger charge is 2.37. The van der Waals surface area contributed by atoms with E-state index in [1.165, 1.54) is 7.11 Å². The first-order valence-electron chi connectivity index (χ1n) is 8.74. The summed E-state index contributed by atoms with van der Waals surface area (Å²) in [5.74, 6) is 0.304. The van der Waals surface area contributed by atoms with Gasteiger partial charge in [-0.3, -0.25) is 4.79 Å². The molecule has 2 aliphatic rings. The van der Waals surface area contributed by atoms with Crippen molar-refractivity contribution in [2.75, 3.05) is 14.2 Å². The molecule has 0 aliphatic carbocycles. The third kappa shape index (κ3) is 3.81. The molecular weight excluding hydrogens is 394 g/mol. The van der Waals surface area contributed by atoms with Crippen LogP contribution in [0.5, 0.6) is 5.75 Å². The van der Waals surface area contributed by atoms with Gasteiger partial charge in [0.15, 0.2) is 5.17 Å². The Hall–Kier alpha value is -3.33. The molecule has 9 heteroatoms. The summed E-state index contributed by atoms with van der Waals surface area (Å²) in [4.78, 5) is 28.0. The number of nitrogens with zero attached hydrogens (tertiary/aromatic N) is 3. The number of carbonyl (C=O) groups is 2. The fraction of sp³-hybridized carbons (Fsp3) is 0.200. The van der Waals surface area contributed by atoms with Gasteiger partial charge >= 0.3 is 5.97 Å². The molecule has 29 heavy (non-hydrogen) atoms. The number of furan rings is 1. The number of amides is 1. The van der Waals surface area contributed by atoms with Crippen molar-refractivity contribution < 1.29 is 23.5 Å². The maximum absolute atomic E-state index is 12.2. The van der Waals surface area contributed by atoms with Crippen LogP contribution >= 0.6 is 11.8 Å². The van der Waals surface area contributed by atoms with Crippen molar-refractivity contribution >= 4 is 34.5 Å². The monoisotopic (exact) mass is 411 g/mol. The Morgan fingerprint density at radius 2 is 2.07 bits per heavy atom. The lowest BCUT2D eigenvalue weighted by Gasteiger charge is -2.22. The molecule has 1 aromatic heterocycles. The first-order valence-corrected chi connectivity index (χ1v) is 9.55. The van der Waals surface area contributed by atoms with Crippen molar-refractivity contribution in [1.29, 1.82) is 0 Å². The van der Waals surface area contributed by atoms with Gasteiger partial charge in [-0.05, 0) is 41.6 Å². The van der Waals surface area contributed by atoms with Gasteiger partial charge in [0.2, 0.25) is 0 Å². The summed E-state index contributed by atoms with van der Waals surface area (Å²) in [6.45, 7) is 0. The molecule has 0 N–H and O–H groups in total. The minimum absolute atomic E-state index is 0.183. The van der Waals surface area contributed by atoms with Crippen LogP contribution < -0.4 is 4.74 Å². The lowest BCUT2D eigenvalue weighted by Crippen LogP contribution is -2.23. The highest BCUT2D eigenvalue weighted by molar-refractivity contribution is 8.18. The first kappa shape index (κ1) is 19.0. The fourth-order valence-electron chi connectivity index (χ4n) is 3.03. The largest absolute Gasteiger partial charge is 0.497 e. The summed E-state index contributed by atoms with van der Waals surface area (Å²) < 4.78 is 15.3. The molecule has 148 valence electrons. The Labute approximate surface area is 170 Å². The van der Waals surface area contributed by atoms with Gasteiger partial charge in [0.1, 0.15) is 17.2 Å². The number of benzene rings is 1. The molecule has 2 aliphatic heterocycles. The van der Waals surface area contributed by atoms with Gasteiger partial charge < -0.3 is 13.9 Å². The topological polar surface area (TPSA) is 93.7 Å². The van der Waals surface area contributed by atoms with Crippen LogP contribution in [0.1, 0.15) is 23.8 Å². The number of amidine groups is 1. The maximum Gasteiger partial charge on any atom is 0.331 e. The summed E-state index contributed by atoms with van der Waals surface area (Å²) >= 11 is 1.09. The summed E-state index contributed by atoms with van der Waals surface area (Å²) in [6.07, 6.45) is 3.30. The first-order chi connectivity index (χ1) is 14.1. The van der Waals surface area contributed by atoms with Crippen LogP contribution in [-0.4, -0.2) is 42.0 Å². The van der Waals surface area contributed by atoms with Crippen LogP contribution in [0, 0.1) is 0 Å². The van der Waals surface area contributed by atoms with Crippen LogP contribution in [0.2, 0.25) is 0 Å². The quantitative estimate of drug-likeness (QED) is 0.564. The van der Waals surface area contributed by atoms with E-state index in [0.29, 0.717) is 17.3 Å². The smallest absolute Gasteiger partial charge is 0.331 e. The van der Waals surface area contributed by atoms with Crippen molar-refractivity contribution in [2.24, 2.45) is 10.1 Å². The van der Waals surface area contributed by atoms with Gasteiger partial charge in [-0.1, -0.05) is 12.1 Å². The van der Waals surface area contributed by atoms with Gasteiger partial charge in [0, 0.05) is 12.5 Å². The molecule has 0 radical (unpaired) electrons. The number of hydrogen-bond acceptors (Lipinski definition) is 8. The van der Waals surface area contributed by atoms with Crippen molar-refractivity contribution in [3.05, 3.63) is 65.0 Å². The molecule has 1 aromatic carbocycles. The van der Waals surface area contributed by atoms with E-state index in [1.54, 1.807) is 24.4 Å². The zero-order valence-electron chi connectivity index (χ0n) is 15.7. The van der Waals surface area contributed by atoms with E-state index in [-0.39, 0.29) is 10.9 Å². The van der Waals surface area contributed by atoms with Gasteiger partial charge in [-0.15, -0.1) is 0 Å². The predicted octanol–water partition coefficient (Wildman–Crippen LogP) is 3.13. The number of carbonyl (C=O) groups excluding carboxylic acids is 2. The normalized spacial score (nSPS) is 20.1. The zero-order valence-corrected chi connectivity index (χ0v) is 16.5. The van der Waals surface area contributed by atoms with Gasteiger partial charge in [-0.25, -0.2) is 9.80 Å². The molecule has 1 amide bonds. The van der Waals surface area contributed by atoms with E-state index in [0.717, 1.165) is 34.9 Å². The number of esters is 1. The van der Waals surface area contributed by atoms with Gasteiger partial charge in [0.05, 0.1) is 31.4 Å². The molecule has 1 atom stereocenters. The molecule has 0 fully saturated rings. The Kier molecular flexibility index (Phi) is 5.22. The van der Waals surface area contributed by atoms with Crippen LogP contribution in [0.25, 0.3) is 0 Å².